The van der Waals surface area contributed by atoms with Gasteiger partial charge in [0, 0.05) is 32.1 Å². The van der Waals surface area contributed by atoms with Crippen molar-refractivity contribution < 1.29 is 19.1 Å². The molecule has 0 aromatic heterocycles. The third kappa shape index (κ3) is 5.45. The molecule has 7 nitrogen and oxygen atoms in total. The number of ether oxygens (including phenoxy) is 1. The second-order valence-electron chi connectivity index (χ2n) is 6.70. The van der Waals surface area contributed by atoms with Crippen LogP contribution in [0.4, 0.5) is 10.5 Å². The highest BCUT2D eigenvalue weighted by Crippen LogP contribution is 2.20. The lowest BCUT2D eigenvalue weighted by Crippen LogP contribution is -2.50. The Balaban J connectivity index is 2.03. The molecule has 0 saturated carbocycles. The summed E-state index contributed by atoms with van der Waals surface area (Å²) in [6.07, 6.45) is 1.39. The van der Waals surface area contributed by atoms with Gasteiger partial charge in [-0.3, -0.25) is 9.59 Å². The van der Waals surface area contributed by atoms with Crippen LogP contribution < -0.4 is 5.32 Å². The van der Waals surface area contributed by atoms with Crippen LogP contribution in [-0.2, 0) is 9.53 Å². The van der Waals surface area contributed by atoms with Crippen molar-refractivity contribution >= 4 is 23.6 Å². The predicted molar refractivity (Wildman–Crippen MR) is 104 cm³/mol. The van der Waals surface area contributed by atoms with Crippen molar-refractivity contribution in [1.82, 2.24) is 9.80 Å². The Morgan fingerprint density at radius 1 is 1.07 bits per heavy atom. The Bertz CT molecular complexity index is 669. The molecule has 148 valence electrons. The molecule has 1 aliphatic heterocycles. The third-order valence-corrected chi connectivity index (χ3v) is 4.68. The van der Waals surface area contributed by atoms with Crippen LogP contribution in [0.5, 0.6) is 0 Å². The normalized spacial score (nSPS) is 15.2. The predicted octanol–water partition coefficient (Wildman–Crippen LogP) is 2.98. The maximum Gasteiger partial charge on any atom is 0.409 e. The quantitative estimate of drug-likeness (QED) is 0.829. The van der Waals surface area contributed by atoms with Crippen LogP contribution >= 0.6 is 0 Å². The fraction of sp³-hybridized carbons (Fsp3) is 0.550. The molecule has 1 saturated heterocycles. The zero-order valence-corrected chi connectivity index (χ0v) is 16.4. The van der Waals surface area contributed by atoms with Gasteiger partial charge in [-0.25, -0.2) is 4.79 Å². The Hall–Kier alpha value is -2.57. The first-order valence-corrected chi connectivity index (χ1v) is 9.58. The molecule has 1 aliphatic rings. The van der Waals surface area contributed by atoms with E-state index in [9.17, 15) is 14.4 Å². The van der Waals surface area contributed by atoms with E-state index in [-0.39, 0.29) is 23.8 Å². The van der Waals surface area contributed by atoms with Crippen LogP contribution in [-0.4, -0.2) is 60.5 Å². The summed E-state index contributed by atoms with van der Waals surface area (Å²) < 4.78 is 5.00. The molecule has 1 aromatic carbocycles. The molecule has 7 heteroatoms. The van der Waals surface area contributed by atoms with Crippen molar-refractivity contribution in [2.24, 2.45) is 5.92 Å². The molecular formula is C20H29N3O4. The summed E-state index contributed by atoms with van der Waals surface area (Å²) in [4.78, 5) is 40.4. The lowest BCUT2D eigenvalue weighted by atomic mass is 10.0. The van der Waals surface area contributed by atoms with Gasteiger partial charge in [-0.2, -0.15) is 0 Å². The molecule has 3 amide bonds. The molecular weight excluding hydrogens is 346 g/mol. The molecule has 1 N–H and O–H groups in total. The molecule has 0 spiro atoms. The Morgan fingerprint density at radius 2 is 1.70 bits per heavy atom. The van der Waals surface area contributed by atoms with E-state index < -0.39 is 0 Å². The van der Waals surface area contributed by atoms with Crippen LogP contribution in [0.2, 0.25) is 0 Å². The lowest BCUT2D eigenvalue weighted by Gasteiger charge is -2.34. The molecule has 2 rings (SSSR count). The van der Waals surface area contributed by atoms with Gasteiger partial charge in [-0.05, 0) is 25.5 Å². The lowest BCUT2D eigenvalue weighted by molar-refractivity contribution is -0.119. The van der Waals surface area contributed by atoms with E-state index >= 15 is 0 Å². The number of rotatable bonds is 6. The van der Waals surface area contributed by atoms with Crippen LogP contribution in [0, 0.1) is 5.92 Å². The van der Waals surface area contributed by atoms with Crippen LogP contribution in [0.15, 0.2) is 24.3 Å². The van der Waals surface area contributed by atoms with Crippen LogP contribution in [0.1, 0.15) is 44.0 Å². The molecule has 0 bridgehead atoms. The van der Waals surface area contributed by atoms with Crippen molar-refractivity contribution in [1.29, 1.82) is 0 Å². The monoisotopic (exact) mass is 375 g/mol. The number of carbonyl (C=O) groups is 3. The van der Waals surface area contributed by atoms with Gasteiger partial charge in [0.2, 0.25) is 5.91 Å². The van der Waals surface area contributed by atoms with E-state index in [4.69, 9.17) is 4.74 Å². The second kappa shape index (κ2) is 9.94. The number of hydrogen-bond donors (Lipinski definition) is 1. The highest BCUT2D eigenvalue weighted by atomic mass is 16.6. The molecule has 1 fully saturated rings. The van der Waals surface area contributed by atoms with Gasteiger partial charge < -0.3 is 19.9 Å². The van der Waals surface area contributed by atoms with E-state index in [1.165, 1.54) is 0 Å². The van der Waals surface area contributed by atoms with Crippen molar-refractivity contribution in [2.45, 2.75) is 33.6 Å². The van der Waals surface area contributed by atoms with E-state index in [2.05, 4.69) is 5.32 Å². The standard InChI is InChI=1S/C20H29N3O4/c1-4-8-15(3)18(24)21-17-10-7-6-9-16(17)19(25)22-11-13-23(14-12-22)20(26)27-5-2/h6-7,9-10,15H,4-5,8,11-14H2,1-3H3,(H,21,24). The molecule has 1 aromatic rings. The molecule has 0 aliphatic carbocycles. The molecule has 1 heterocycles. The van der Waals surface area contributed by atoms with E-state index in [0.29, 0.717) is 44.0 Å². The average Bonchev–Trinajstić information content (AvgIpc) is 2.68. The van der Waals surface area contributed by atoms with Gasteiger partial charge >= 0.3 is 6.09 Å². The number of piperazine rings is 1. The minimum absolute atomic E-state index is 0.0794. The summed E-state index contributed by atoms with van der Waals surface area (Å²) in [5.74, 6) is -0.326. The minimum Gasteiger partial charge on any atom is -0.450 e. The zero-order valence-electron chi connectivity index (χ0n) is 16.4. The summed E-state index contributed by atoms with van der Waals surface area (Å²) >= 11 is 0. The number of hydrogen-bond acceptors (Lipinski definition) is 4. The van der Waals surface area contributed by atoms with Crippen molar-refractivity contribution in [3.8, 4) is 0 Å². The smallest absolute Gasteiger partial charge is 0.409 e. The molecule has 27 heavy (non-hydrogen) atoms. The summed E-state index contributed by atoms with van der Waals surface area (Å²) in [5.41, 5.74) is 1.00. The van der Waals surface area contributed by atoms with Gasteiger partial charge in [0.25, 0.3) is 5.91 Å². The zero-order chi connectivity index (χ0) is 19.8. The fourth-order valence-electron chi connectivity index (χ4n) is 3.08. The van der Waals surface area contributed by atoms with E-state index in [1.54, 1.807) is 41.0 Å². The second-order valence-corrected chi connectivity index (χ2v) is 6.70. The summed E-state index contributed by atoms with van der Waals surface area (Å²) in [6.45, 7) is 7.78. The highest BCUT2D eigenvalue weighted by Gasteiger charge is 2.27. The molecule has 1 atom stereocenters. The maximum absolute atomic E-state index is 12.9. The fourth-order valence-corrected chi connectivity index (χ4v) is 3.08. The Morgan fingerprint density at radius 3 is 2.33 bits per heavy atom. The number of anilines is 1. The SMILES string of the molecule is CCCC(C)C(=O)Nc1ccccc1C(=O)N1CCN(C(=O)OCC)CC1. The maximum atomic E-state index is 12.9. The summed E-state index contributed by atoms with van der Waals surface area (Å²) in [5, 5.41) is 2.89. The number of benzene rings is 1. The molecule has 0 radical (unpaired) electrons. The number of para-hydroxylation sites is 1. The minimum atomic E-state index is -0.345. The van der Waals surface area contributed by atoms with E-state index in [1.807, 2.05) is 13.8 Å². The average molecular weight is 375 g/mol. The number of nitrogens with one attached hydrogen (secondary N) is 1. The van der Waals surface area contributed by atoms with Gasteiger partial charge in [0.1, 0.15) is 0 Å². The summed E-state index contributed by atoms with van der Waals surface area (Å²) in [6, 6.07) is 7.06. The topological polar surface area (TPSA) is 79.0 Å². The van der Waals surface area contributed by atoms with Crippen molar-refractivity contribution in [2.75, 3.05) is 38.1 Å². The van der Waals surface area contributed by atoms with Gasteiger partial charge in [-0.15, -0.1) is 0 Å². The van der Waals surface area contributed by atoms with E-state index in [0.717, 1.165) is 12.8 Å². The van der Waals surface area contributed by atoms with Crippen molar-refractivity contribution in [3.63, 3.8) is 0 Å². The van der Waals surface area contributed by atoms with Gasteiger partial charge in [-0.1, -0.05) is 32.4 Å². The summed E-state index contributed by atoms with van der Waals surface area (Å²) in [7, 11) is 0. The molecule has 1 unspecified atom stereocenters. The first-order chi connectivity index (χ1) is 13.0. The number of carbonyl (C=O) groups excluding carboxylic acids is 3. The first-order valence-electron chi connectivity index (χ1n) is 9.58. The third-order valence-electron chi connectivity index (χ3n) is 4.68. The van der Waals surface area contributed by atoms with Gasteiger partial charge in [0.05, 0.1) is 17.9 Å². The Kier molecular flexibility index (Phi) is 7.64. The van der Waals surface area contributed by atoms with Crippen LogP contribution in [0.25, 0.3) is 0 Å². The largest absolute Gasteiger partial charge is 0.450 e. The van der Waals surface area contributed by atoms with Crippen molar-refractivity contribution in [3.05, 3.63) is 29.8 Å². The number of amides is 3. The van der Waals surface area contributed by atoms with Gasteiger partial charge in [0.15, 0.2) is 0 Å². The Labute approximate surface area is 160 Å². The highest BCUT2D eigenvalue weighted by molar-refractivity contribution is 6.04. The number of nitrogens with zero attached hydrogens (tertiary/aromatic N) is 2. The first kappa shape index (κ1) is 20.7. The van der Waals surface area contributed by atoms with Crippen LogP contribution in [0.3, 0.4) is 0 Å².